The number of carbonyl (C=O) groups excluding carboxylic acids is 2. The molecule has 2 rings (SSSR count). The first-order valence-electron chi connectivity index (χ1n) is 4.30. The Kier molecular flexibility index (Phi) is 1.93. The number of hydrogen-bond donors (Lipinski definition) is 1. The molecular weight excluding hydrogens is 178 g/mol. The highest BCUT2D eigenvalue weighted by Crippen LogP contribution is 2.21. The molecule has 0 unspecified atom stereocenters. The molecule has 0 aliphatic rings. The van der Waals surface area contributed by atoms with E-state index in [9.17, 15) is 9.59 Å². The Balaban J connectivity index is 2.87. The van der Waals surface area contributed by atoms with Crippen molar-refractivity contribution in [1.29, 1.82) is 0 Å². The molecule has 2 aromatic rings. The molecule has 1 aromatic carbocycles. The van der Waals surface area contributed by atoms with Crippen LogP contribution >= 0.6 is 0 Å². The Hall–Kier alpha value is -1.90. The molecule has 0 amide bonds. The van der Waals surface area contributed by atoms with Crippen LogP contribution in [-0.2, 0) is 0 Å². The normalized spacial score (nSPS) is 10.4. The Labute approximate surface area is 80.7 Å². The summed E-state index contributed by atoms with van der Waals surface area (Å²) in [5, 5.41) is 0.718. The van der Waals surface area contributed by atoms with Gasteiger partial charge in [0.2, 0.25) is 0 Å². The summed E-state index contributed by atoms with van der Waals surface area (Å²) >= 11 is 0. The van der Waals surface area contributed by atoms with Gasteiger partial charge in [0.1, 0.15) is 0 Å². The molecule has 0 atom stereocenters. The Morgan fingerprint density at radius 2 is 2.21 bits per heavy atom. The van der Waals surface area contributed by atoms with Crippen LogP contribution in [0.2, 0.25) is 0 Å². The molecule has 1 N–H and O–H groups in total. The molecular formula is C11H9NO2. The maximum absolute atomic E-state index is 11.3. The summed E-state index contributed by atoms with van der Waals surface area (Å²) in [5.41, 5.74) is 1.94. The van der Waals surface area contributed by atoms with E-state index in [1.165, 1.54) is 6.92 Å². The minimum Gasteiger partial charge on any atom is -0.360 e. The standard InChI is InChI=1S/C11H9NO2/c1-7(14)9-5-12-10-4-2-3-8(6-13)11(9)10/h2-6,12H,1H3. The maximum Gasteiger partial charge on any atom is 0.161 e. The minimum atomic E-state index is -0.0365. The lowest BCUT2D eigenvalue weighted by atomic mass is 10.1. The lowest BCUT2D eigenvalue weighted by Crippen LogP contribution is -1.91. The van der Waals surface area contributed by atoms with Crippen LogP contribution in [0.15, 0.2) is 24.4 Å². The van der Waals surface area contributed by atoms with E-state index < -0.39 is 0 Å². The number of aromatic amines is 1. The fraction of sp³-hybridized carbons (Fsp3) is 0.0909. The first kappa shape index (κ1) is 8.69. The van der Waals surface area contributed by atoms with Gasteiger partial charge in [-0.15, -0.1) is 0 Å². The average Bonchev–Trinajstić information content (AvgIpc) is 2.60. The van der Waals surface area contributed by atoms with Gasteiger partial charge in [0.15, 0.2) is 12.1 Å². The minimum absolute atomic E-state index is 0.0365. The summed E-state index contributed by atoms with van der Waals surface area (Å²) in [6, 6.07) is 5.33. The van der Waals surface area contributed by atoms with E-state index in [1.807, 2.05) is 6.07 Å². The van der Waals surface area contributed by atoms with E-state index in [1.54, 1.807) is 18.3 Å². The number of Topliss-reactive ketones (excluding diaryl/α,β-unsaturated/α-hetero) is 1. The van der Waals surface area contributed by atoms with Crippen LogP contribution in [0.4, 0.5) is 0 Å². The largest absolute Gasteiger partial charge is 0.360 e. The van der Waals surface area contributed by atoms with Gasteiger partial charge in [-0.05, 0) is 13.0 Å². The lowest BCUT2D eigenvalue weighted by molar-refractivity contribution is 0.101. The molecule has 0 aliphatic heterocycles. The van der Waals surface area contributed by atoms with E-state index in [4.69, 9.17) is 0 Å². The van der Waals surface area contributed by atoms with Crippen LogP contribution in [0.25, 0.3) is 10.9 Å². The molecule has 0 aliphatic carbocycles. The fourth-order valence-corrected chi connectivity index (χ4v) is 1.59. The van der Waals surface area contributed by atoms with Crippen molar-refractivity contribution in [1.82, 2.24) is 4.98 Å². The zero-order valence-electron chi connectivity index (χ0n) is 7.70. The third-order valence-electron chi connectivity index (χ3n) is 2.24. The predicted octanol–water partition coefficient (Wildman–Crippen LogP) is 2.18. The van der Waals surface area contributed by atoms with Gasteiger partial charge in [0, 0.05) is 28.2 Å². The van der Waals surface area contributed by atoms with E-state index >= 15 is 0 Å². The molecule has 3 heteroatoms. The quantitative estimate of drug-likeness (QED) is 0.578. The van der Waals surface area contributed by atoms with Gasteiger partial charge >= 0.3 is 0 Å². The van der Waals surface area contributed by atoms with Gasteiger partial charge < -0.3 is 4.98 Å². The van der Waals surface area contributed by atoms with Crippen LogP contribution in [0.5, 0.6) is 0 Å². The highest BCUT2D eigenvalue weighted by molar-refractivity contribution is 6.11. The number of H-pyrrole nitrogens is 1. The topological polar surface area (TPSA) is 49.9 Å². The highest BCUT2D eigenvalue weighted by atomic mass is 16.1. The van der Waals surface area contributed by atoms with Crippen molar-refractivity contribution in [2.75, 3.05) is 0 Å². The van der Waals surface area contributed by atoms with E-state index in [-0.39, 0.29) is 5.78 Å². The van der Waals surface area contributed by atoms with Gasteiger partial charge in [-0.25, -0.2) is 0 Å². The first-order valence-corrected chi connectivity index (χ1v) is 4.30. The van der Waals surface area contributed by atoms with E-state index in [0.717, 1.165) is 17.2 Å². The molecule has 0 fully saturated rings. The van der Waals surface area contributed by atoms with Crippen molar-refractivity contribution in [3.05, 3.63) is 35.5 Å². The fourth-order valence-electron chi connectivity index (χ4n) is 1.59. The number of hydrogen-bond acceptors (Lipinski definition) is 2. The van der Waals surface area contributed by atoms with Gasteiger partial charge in [0.05, 0.1) is 0 Å². The Morgan fingerprint density at radius 1 is 1.43 bits per heavy atom. The molecule has 1 heterocycles. The third kappa shape index (κ3) is 1.14. The maximum atomic E-state index is 11.3. The first-order chi connectivity index (χ1) is 6.74. The molecule has 14 heavy (non-hydrogen) atoms. The molecule has 70 valence electrons. The SMILES string of the molecule is CC(=O)c1c[nH]c2cccc(C=O)c12. The Bertz CT molecular complexity index is 511. The van der Waals surface area contributed by atoms with Gasteiger partial charge in [-0.1, -0.05) is 12.1 Å². The van der Waals surface area contributed by atoms with Crippen molar-refractivity contribution >= 4 is 23.0 Å². The van der Waals surface area contributed by atoms with Crippen LogP contribution in [0, 0.1) is 0 Å². The smallest absolute Gasteiger partial charge is 0.161 e. The third-order valence-corrected chi connectivity index (χ3v) is 2.24. The van der Waals surface area contributed by atoms with E-state index in [0.29, 0.717) is 11.1 Å². The highest BCUT2D eigenvalue weighted by Gasteiger charge is 2.10. The Morgan fingerprint density at radius 3 is 2.86 bits per heavy atom. The number of rotatable bonds is 2. The number of fused-ring (bicyclic) bond motifs is 1. The van der Waals surface area contributed by atoms with Crippen molar-refractivity contribution in [2.45, 2.75) is 6.92 Å². The van der Waals surface area contributed by atoms with Crippen molar-refractivity contribution < 1.29 is 9.59 Å². The number of ketones is 1. The van der Waals surface area contributed by atoms with Crippen molar-refractivity contribution in [2.24, 2.45) is 0 Å². The second-order valence-electron chi connectivity index (χ2n) is 3.15. The zero-order valence-corrected chi connectivity index (χ0v) is 7.70. The van der Waals surface area contributed by atoms with Crippen LogP contribution in [-0.4, -0.2) is 17.1 Å². The average molecular weight is 187 g/mol. The number of aldehydes is 1. The van der Waals surface area contributed by atoms with Crippen LogP contribution in [0.3, 0.4) is 0 Å². The number of benzene rings is 1. The number of aromatic nitrogens is 1. The van der Waals surface area contributed by atoms with Crippen molar-refractivity contribution in [3.63, 3.8) is 0 Å². The molecule has 0 spiro atoms. The summed E-state index contributed by atoms with van der Waals surface area (Å²) in [5.74, 6) is -0.0365. The summed E-state index contributed by atoms with van der Waals surface area (Å²) in [6.45, 7) is 1.49. The molecule has 0 saturated carbocycles. The number of nitrogens with one attached hydrogen (secondary N) is 1. The zero-order chi connectivity index (χ0) is 10.1. The van der Waals surface area contributed by atoms with Gasteiger partial charge in [0.25, 0.3) is 0 Å². The van der Waals surface area contributed by atoms with Crippen LogP contribution < -0.4 is 0 Å². The molecule has 1 aromatic heterocycles. The summed E-state index contributed by atoms with van der Waals surface area (Å²) in [7, 11) is 0. The number of carbonyl (C=O) groups is 2. The molecule has 0 saturated heterocycles. The molecule has 3 nitrogen and oxygen atoms in total. The van der Waals surface area contributed by atoms with E-state index in [2.05, 4.69) is 4.98 Å². The second kappa shape index (κ2) is 3.10. The lowest BCUT2D eigenvalue weighted by Gasteiger charge is -1.96. The second-order valence-corrected chi connectivity index (χ2v) is 3.15. The van der Waals surface area contributed by atoms with Crippen LogP contribution in [0.1, 0.15) is 27.6 Å². The molecule has 0 radical (unpaired) electrons. The predicted molar refractivity (Wildman–Crippen MR) is 53.7 cm³/mol. The van der Waals surface area contributed by atoms with Crippen molar-refractivity contribution in [3.8, 4) is 0 Å². The summed E-state index contributed by atoms with van der Waals surface area (Å²) < 4.78 is 0. The summed E-state index contributed by atoms with van der Waals surface area (Å²) in [6.07, 6.45) is 2.41. The van der Waals surface area contributed by atoms with Gasteiger partial charge in [-0.2, -0.15) is 0 Å². The molecule has 0 bridgehead atoms. The summed E-state index contributed by atoms with van der Waals surface area (Å²) in [4.78, 5) is 25.0. The monoisotopic (exact) mass is 187 g/mol. The van der Waals surface area contributed by atoms with Gasteiger partial charge in [-0.3, -0.25) is 9.59 Å².